The van der Waals surface area contributed by atoms with E-state index >= 15 is 0 Å². The van der Waals surface area contributed by atoms with Crippen LogP contribution < -0.4 is 0 Å². The van der Waals surface area contributed by atoms with Crippen LogP contribution in [0, 0.1) is 25.2 Å². The lowest BCUT2D eigenvalue weighted by Gasteiger charge is -2.12. The zero-order valence-electron chi connectivity index (χ0n) is 19.7. The number of aliphatic imine (C=N–C) groups is 1. The van der Waals surface area contributed by atoms with Gasteiger partial charge in [-0.3, -0.25) is 0 Å². The molecule has 0 saturated heterocycles. The molecule has 6 nitrogen and oxygen atoms in total. The number of benzene rings is 2. The van der Waals surface area contributed by atoms with Gasteiger partial charge in [0.25, 0.3) is 0 Å². The average molecular weight is 472 g/mol. The summed E-state index contributed by atoms with van der Waals surface area (Å²) in [7, 11) is 0. The standard InChI is InChI=1S/C30H21N3O3/c1-19-16-22(20(2)33(19)25-11-5-9-21-8-3-4-10-23(21)25)18-32-30-24(17-31)28(26-12-6-14-34-26)29(36-30)27-13-7-15-35-27/h3-16,18H,1-2H3. The molecule has 0 aliphatic rings. The summed E-state index contributed by atoms with van der Waals surface area (Å²) < 4.78 is 19.4. The SMILES string of the molecule is Cc1cc(C=Nc2oc(-c3ccco3)c(-c3ccco3)c2C#N)c(C)n1-c1cccc2ccccc12. The van der Waals surface area contributed by atoms with Gasteiger partial charge in [-0.2, -0.15) is 5.26 Å². The van der Waals surface area contributed by atoms with Gasteiger partial charge < -0.3 is 17.8 Å². The molecule has 0 bridgehead atoms. The van der Waals surface area contributed by atoms with Crippen molar-refractivity contribution in [2.24, 2.45) is 4.99 Å². The van der Waals surface area contributed by atoms with Gasteiger partial charge in [-0.15, -0.1) is 0 Å². The van der Waals surface area contributed by atoms with Crippen LogP contribution in [0.4, 0.5) is 5.88 Å². The Balaban J connectivity index is 1.46. The molecule has 0 saturated carbocycles. The number of aryl methyl sites for hydroxylation is 1. The second kappa shape index (κ2) is 8.64. The third-order valence-electron chi connectivity index (χ3n) is 6.31. The Hall–Kier alpha value is -5.02. The fourth-order valence-electron chi connectivity index (χ4n) is 4.67. The highest BCUT2D eigenvalue weighted by atomic mass is 16.4. The van der Waals surface area contributed by atoms with E-state index in [1.165, 1.54) is 10.8 Å². The summed E-state index contributed by atoms with van der Waals surface area (Å²) in [6, 6.07) is 26.0. The van der Waals surface area contributed by atoms with Gasteiger partial charge in [0.05, 0.1) is 23.8 Å². The van der Waals surface area contributed by atoms with Gasteiger partial charge in [-0.05, 0) is 55.6 Å². The highest BCUT2D eigenvalue weighted by Crippen LogP contribution is 2.43. The largest absolute Gasteiger partial charge is 0.464 e. The lowest BCUT2D eigenvalue weighted by molar-refractivity contribution is 0.527. The molecule has 0 radical (unpaired) electrons. The summed E-state index contributed by atoms with van der Waals surface area (Å²) >= 11 is 0. The molecule has 0 aliphatic heterocycles. The van der Waals surface area contributed by atoms with Gasteiger partial charge in [0.15, 0.2) is 11.5 Å². The van der Waals surface area contributed by atoms with Gasteiger partial charge in [-0.25, -0.2) is 4.99 Å². The molecule has 174 valence electrons. The quantitative estimate of drug-likeness (QED) is 0.239. The van der Waals surface area contributed by atoms with E-state index < -0.39 is 0 Å². The number of fused-ring (bicyclic) bond motifs is 1. The summed E-state index contributed by atoms with van der Waals surface area (Å²) in [6.45, 7) is 4.13. The molecule has 4 aromatic heterocycles. The minimum absolute atomic E-state index is 0.199. The van der Waals surface area contributed by atoms with E-state index in [4.69, 9.17) is 13.3 Å². The van der Waals surface area contributed by atoms with Gasteiger partial charge in [-0.1, -0.05) is 36.4 Å². The Morgan fingerprint density at radius 2 is 1.64 bits per heavy atom. The summed E-state index contributed by atoms with van der Waals surface area (Å²) in [5.41, 5.74) is 4.97. The van der Waals surface area contributed by atoms with Crippen LogP contribution in [0.2, 0.25) is 0 Å². The van der Waals surface area contributed by atoms with Crippen molar-refractivity contribution in [3.8, 4) is 34.6 Å². The lowest BCUT2D eigenvalue weighted by Crippen LogP contribution is -2.00. The van der Waals surface area contributed by atoms with Crippen LogP contribution in [-0.4, -0.2) is 10.8 Å². The predicted molar refractivity (Wildman–Crippen MR) is 139 cm³/mol. The van der Waals surface area contributed by atoms with Crippen molar-refractivity contribution in [3.05, 3.63) is 108 Å². The van der Waals surface area contributed by atoms with Crippen molar-refractivity contribution in [2.45, 2.75) is 13.8 Å². The number of nitriles is 1. The molecule has 4 heterocycles. The van der Waals surface area contributed by atoms with Crippen LogP contribution in [0.3, 0.4) is 0 Å². The maximum atomic E-state index is 10.00. The first-order valence-corrected chi connectivity index (χ1v) is 11.5. The zero-order valence-corrected chi connectivity index (χ0v) is 19.7. The van der Waals surface area contributed by atoms with E-state index in [9.17, 15) is 5.26 Å². The zero-order chi connectivity index (χ0) is 24.6. The van der Waals surface area contributed by atoms with Crippen molar-refractivity contribution in [1.82, 2.24) is 4.57 Å². The smallest absolute Gasteiger partial charge is 0.238 e. The Kier molecular flexibility index (Phi) is 5.16. The third kappa shape index (κ3) is 3.46. The number of rotatable bonds is 5. The third-order valence-corrected chi connectivity index (χ3v) is 6.31. The monoisotopic (exact) mass is 471 g/mol. The van der Waals surface area contributed by atoms with E-state index in [1.54, 1.807) is 43.0 Å². The molecule has 0 atom stereocenters. The number of aromatic nitrogens is 1. The van der Waals surface area contributed by atoms with Crippen molar-refractivity contribution >= 4 is 22.9 Å². The number of hydrogen-bond acceptors (Lipinski definition) is 5. The Labute approximate surface area is 207 Å². The molecule has 0 aliphatic carbocycles. The molecule has 0 amide bonds. The average Bonchev–Trinajstić information content (AvgIpc) is 3.69. The summed E-state index contributed by atoms with van der Waals surface area (Å²) in [5.74, 6) is 1.61. The van der Waals surface area contributed by atoms with Crippen molar-refractivity contribution in [2.75, 3.05) is 0 Å². The Bertz CT molecular complexity index is 1750. The molecule has 0 unspecified atom stereocenters. The topological polar surface area (TPSA) is 80.5 Å². The number of nitrogens with zero attached hydrogens (tertiary/aromatic N) is 3. The molecular formula is C30H21N3O3. The number of hydrogen-bond donors (Lipinski definition) is 0. The first-order valence-electron chi connectivity index (χ1n) is 11.5. The van der Waals surface area contributed by atoms with Crippen molar-refractivity contribution in [1.29, 1.82) is 5.26 Å². The Morgan fingerprint density at radius 3 is 2.39 bits per heavy atom. The molecule has 6 aromatic rings. The van der Waals surface area contributed by atoms with Gasteiger partial charge in [0, 0.05) is 28.6 Å². The molecule has 36 heavy (non-hydrogen) atoms. The number of furan rings is 3. The lowest BCUT2D eigenvalue weighted by atomic mass is 10.1. The highest BCUT2D eigenvalue weighted by Gasteiger charge is 2.26. The molecular weight excluding hydrogens is 450 g/mol. The van der Waals surface area contributed by atoms with Crippen molar-refractivity contribution < 1.29 is 13.3 Å². The molecule has 6 rings (SSSR count). The van der Waals surface area contributed by atoms with Crippen LogP contribution >= 0.6 is 0 Å². The maximum Gasteiger partial charge on any atom is 0.238 e. The van der Waals surface area contributed by atoms with E-state index in [2.05, 4.69) is 71.9 Å². The highest BCUT2D eigenvalue weighted by molar-refractivity contribution is 5.92. The predicted octanol–water partition coefficient (Wildman–Crippen LogP) is 7.98. The maximum absolute atomic E-state index is 10.00. The van der Waals surface area contributed by atoms with Crippen LogP contribution in [0.25, 0.3) is 39.3 Å². The first kappa shape index (κ1) is 21.5. The van der Waals surface area contributed by atoms with Crippen LogP contribution in [-0.2, 0) is 0 Å². The summed E-state index contributed by atoms with van der Waals surface area (Å²) in [5, 5.41) is 12.4. The van der Waals surface area contributed by atoms with Gasteiger partial charge in [0.2, 0.25) is 5.88 Å². The molecule has 0 fully saturated rings. The Morgan fingerprint density at radius 1 is 0.889 bits per heavy atom. The van der Waals surface area contributed by atoms with Crippen LogP contribution in [0.1, 0.15) is 22.5 Å². The second-order valence-corrected chi connectivity index (χ2v) is 8.47. The fraction of sp³-hybridized carbons (Fsp3) is 0.0667. The van der Waals surface area contributed by atoms with Gasteiger partial charge >= 0.3 is 0 Å². The minimum Gasteiger partial charge on any atom is -0.464 e. The van der Waals surface area contributed by atoms with Crippen LogP contribution in [0.15, 0.2) is 104 Å². The summed E-state index contributed by atoms with van der Waals surface area (Å²) in [4.78, 5) is 4.61. The molecule has 6 heteroatoms. The van der Waals surface area contributed by atoms with Crippen molar-refractivity contribution in [3.63, 3.8) is 0 Å². The van der Waals surface area contributed by atoms with E-state index in [0.717, 1.165) is 22.6 Å². The molecule has 0 N–H and O–H groups in total. The van der Waals surface area contributed by atoms with E-state index in [-0.39, 0.29) is 11.4 Å². The first-order chi connectivity index (χ1) is 17.7. The normalized spacial score (nSPS) is 11.5. The summed E-state index contributed by atoms with van der Waals surface area (Å²) in [6.07, 6.45) is 4.85. The van der Waals surface area contributed by atoms with Gasteiger partial charge in [0.1, 0.15) is 17.4 Å². The molecule has 2 aromatic carbocycles. The second-order valence-electron chi connectivity index (χ2n) is 8.47. The van der Waals surface area contributed by atoms with E-state index in [0.29, 0.717) is 22.8 Å². The van der Waals surface area contributed by atoms with E-state index in [1.807, 2.05) is 6.07 Å². The minimum atomic E-state index is 0.199. The molecule has 0 spiro atoms. The van der Waals surface area contributed by atoms with Crippen LogP contribution in [0.5, 0.6) is 0 Å². The fourth-order valence-corrected chi connectivity index (χ4v) is 4.67.